The van der Waals surface area contributed by atoms with Crippen molar-refractivity contribution < 1.29 is 14.7 Å². The summed E-state index contributed by atoms with van der Waals surface area (Å²) in [4.78, 5) is 23.1. The molecule has 0 fully saturated rings. The highest BCUT2D eigenvalue weighted by molar-refractivity contribution is 5.87. The Morgan fingerprint density at radius 2 is 1.79 bits per heavy atom. The average Bonchev–Trinajstić information content (AvgIpc) is 2.71. The maximum atomic E-state index is 12.0. The molecule has 1 rings (SSSR count). The molecule has 1 aromatic rings. The van der Waals surface area contributed by atoms with Crippen molar-refractivity contribution in [1.29, 1.82) is 0 Å². The standard InChI is InChI=1S/C12H20N4O3/c1-6(2)10-9(12(18)19)14-15-16(10)8(5)11(17)13-7(3)4/h6-8H,1-5H3,(H,13,17)(H,18,19). The molecule has 7 nitrogen and oxygen atoms in total. The first kappa shape index (κ1) is 15.1. The minimum absolute atomic E-state index is 0.0138. The van der Waals surface area contributed by atoms with E-state index in [0.29, 0.717) is 5.69 Å². The van der Waals surface area contributed by atoms with Gasteiger partial charge in [-0.25, -0.2) is 9.48 Å². The average molecular weight is 268 g/mol. The minimum atomic E-state index is -1.13. The van der Waals surface area contributed by atoms with Crippen molar-refractivity contribution >= 4 is 11.9 Å². The van der Waals surface area contributed by atoms with E-state index in [0.717, 1.165) is 0 Å². The fraction of sp³-hybridized carbons (Fsp3) is 0.667. The molecule has 1 heterocycles. The lowest BCUT2D eigenvalue weighted by molar-refractivity contribution is -0.124. The van der Waals surface area contributed by atoms with Gasteiger partial charge in [0.15, 0.2) is 5.69 Å². The fourth-order valence-electron chi connectivity index (χ4n) is 1.79. The van der Waals surface area contributed by atoms with Gasteiger partial charge in [0.05, 0.1) is 5.69 Å². The van der Waals surface area contributed by atoms with E-state index in [1.165, 1.54) is 4.68 Å². The number of aromatic carboxylic acids is 1. The third-order valence-electron chi connectivity index (χ3n) is 2.66. The zero-order valence-electron chi connectivity index (χ0n) is 11.8. The molecule has 1 unspecified atom stereocenters. The molecule has 106 valence electrons. The van der Waals surface area contributed by atoms with E-state index in [2.05, 4.69) is 15.6 Å². The molecule has 7 heteroatoms. The van der Waals surface area contributed by atoms with E-state index < -0.39 is 12.0 Å². The second-order valence-electron chi connectivity index (χ2n) is 5.07. The Balaban J connectivity index is 3.13. The smallest absolute Gasteiger partial charge is 0.358 e. The topological polar surface area (TPSA) is 97.1 Å². The van der Waals surface area contributed by atoms with E-state index in [4.69, 9.17) is 5.11 Å². The molecule has 19 heavy (non-hydrogen) atoms. The molecule has 0 spiro atoms. The molecule has 2 N–H and O–H groups in total. The Labute approximate surface area is 112 Å². The Hall–Kier alpha value is -1.92. The van der Waals surface area contributed by atoms with Gasteiger partial charge in [0.1, 0.15) is 6.04 Å². The van der Waals surface area contributed by atoms with Gasteiger partial charge in [-0.1, -0.05) is 19.1 Å². The van der Waals surface area contributed by atoms with Crippen molar-refractivity contribution in [2.45, 2.75) is 52.6 Å². The van der Waals surface area contributed by atoms with Gasteiger partial charge in [0, 0.05) is 6.04 Å². The summed E-state index contributed by atoms with van der Waals surface area (Å²) in [6, 6.07) is -0.583. The number of nitrogens with one attached hydrogen (secondary N) is 1. The Morgan fingerprint density at radius 1 is 1.21 bits per heavy atom. The highest BCUT2D eigenvalue weighted by Gasteiger charge is 2.27. The summed E-state index contributed by atoms with van der Waals surface area (Å²) in [5.74, 6) is -1.43. The van der Waals surface area contributed by atoms with Crippen LogP contribution in [0.5, 0.6) is 0 Å². The van der Waals surface area contributed by atoms with E-state index in [9.17, 15) is 9.59 Å². The van der Waals surface area contributed by atoms with Crippen LogP contribution in [-0.2, 0) is 4.79 Å². The number of carboxylic acids is 1. The maximum absolute atomic E-state index is 12.0. The SMILES string of the molecule is CC(C)NC(=O)C(C)n1nnc(C(=O)O)c1C(C)C. The normalized spacial score (nSPS) is 12.8. The van der Waals surface area contributed by atoms with Crippen LogP contribution >= 0.6 is 0 Å². The predicted octanol–water partition coefficient (Wildman–Crippen LogP) is 1.19. The predicted molar refractivity (Wildman–Crippen MR) is 69.1 cm³/mol. The second kappa shape index (κ2) is 5.81. The first-order valence-electron chi connectivity index (χ1n) is 6.24. The zero-order chi connectivity index (χ0) is 14.7. The quantitative estimate of drug-likeness (QED) is 0.836. The molecule has 1 amide bonds. The van der Waals surface area contributed by atoms with Crippen molar-refractivity contribution in [1.82, 2.24) is 20.3 Å². The number of carbonyl (C=O) groups is 2. The number of nitrogens with zero attached hydrogens (tertiary/aromatic N) is 3. The molecule has 1 atom stereocenters. The second-order valence-corrected chi connectivity index (χ2v) is 5.07. The lowest BCUT2D eigenvalue weighted by atomic mass is 10.1. The summed E-state index contributed by atoms with van der Waals surface area (Å²) in [5, 5.41) is 19.3. The Bertz CT molecular complexity index is 479. The fourth-order valence-corrected chi connectivity index (χ4v) is 1.79. The van der Waals surface area contributed by atoms with E-state index in [-0.39, 0.29) is 23.6 Å². The number of hydrogen-bond acceptors (Lipinski definition) is 4. The molecule has 0 saturated heterocycles. The van der Waals surface area contributed by atoms with Gasteiger partial charge in [-0.05, 0) is 26.7 Å². The number of carbonyl (C=O) groups excluding carboxylic acids is 1. The van der Waals surface area contributed by atoms with Crippen molar-refractivity contribution in [2.75, 3.05) is 0 Å². The summed E-state index contributed by atoms with van der Waals surface area (Å²) >= 11 is 0. The van der Waals surface area contributed by atoms with Gasteiger partial charge in [-0.15, -0.1) is 5.10 Å². The largest absolute Gasteiger partial charge is 0.476 e. The molecular formula is C12H20N4O3. The highest BCUT2D eigenvalue weighted by Crippen LogP contribution is 2.21. The molecule has 0 aliphatic carbocycles. The molecule has 0 radical (unpaired) electrons. The number of carboxylic acid groups (broad SMARTS) is 1. The van der Waals surface area contributed by atoms with Crippen LogP contribution in [0.15, 0.2) is 0 Å². The Morgan fingerprint density at radius 3 is 2.21 bits per heavy atom. The van der Waals surface area contributed by atoms with E-state index in [1.807, 2.05) is 27.7 Å². The minimum Gasteiger partial charge on any atom is -0.476 e. The van der Waals surface area contributed by atoms with Gasteiger partial charge in [-0.2, -0.15) is 0 Å². The summed E-state index contributed by atoms with van der Waals surface area (Å²) in [6.45, 7) is 9.07. The van der Waals surface area contributed by atoms with Crippen LogP contribution in [0, 0.1) is 0 Å². The van der Waals surface area contributed by atoms with Crippen molar-refractivity contribution in [3.63, 3.8) is 0 Å². The Kier molecular flexibility index (Phi) is 4.63. The first-order valence-corrected chi connectivity index (χ1v) is 6.24. The lowest BCUT2D eigenvalue weighted by Gasteiger charge is -2.18. The van der Waals surface area contributed by atoms with Gasteiger partial charge in [0.25, 0.3) is 0 Å². The van der Waals surface area contributed by atoms with E-state index >= 15 is 0 Å². The molecule has 1 aromatic heterocycles. The summed E-state index contributed by atoms with van der Waals surface area (Å²) in [7, 11) is 0. The third-order valence-corrected chi connectivity index (χ3v) is 2.66. The molecule has 0 bridgehead atoms. The van der Waals surface area contributed by atoms with Crippen LogP contribution in [-0.4, -0.2) is 38.0 Å². The molecule has 0 aliphatic heterocycles. The van der Waals surface area contributed by atoms with Crippen LogP contribution in [0.2, 0.25) is 0 Å². The number of aromatic nitrogens is 3. The van der Waals surface area contributed by atoms with Crippen LogP contribution in [0.4, 0.5) is 0 Å². The van der Waals surface area contributed by atoms with Crippen molar-refractivity contribution in [2.24, 2.45) is 0 Å². The molecule has 0 aliphatic rings. The van der Waals surface area contributed by atoms with Gasteiger partial charge in [-0.3, -0.25) is 4.79 Å². The van der Waals surface area contributed by atoms with Crippen LogP contribution in [0.3, 0.4) is 0 Å². The zero-order valence-corrected chi connectivity index (χ0v) is 11.8. The monoisotopic (exact) mass is 268 g/mol. The third kappa shape index (κ3) is 3.30. The highest BCUT2D eigenvalue weighted by atomic mass is 16.4. The molecule has 0 aromatic carbocycles. The summed E-state index contributed by atoms with van der Waals surface area (Å²) in [5.41, 5.74) is 0.359. The van der Waals surface area contributed by atoms with Crippen LogP contribution in [0.1, 0.15) is 62.8 Å². The number of hydrogen-bond donors (Lipinski definition) is 2. The summed E-state index contributed by atoms with van der Waals surface area (Å²) in [6.07, 6.45) is 0. The van der Waals surface area contributed by atoms with Crippen molar-refractivity contribution in [3.8, 4) is 0 Å². The van der Waals surface area contributed by atoms with E-state index in [1.54, 1.807) is 6.92 Å². The lowest BCUT2D eigenvalue weighted by Crippen LogP contribution is -2.36. The van der Waals surface area contributed by atoms with Gasteiger partial charge < -0.3 is 10.4 Å². The first-order chi connectivity index (χ1) is 8.75. The van der Waals surface area contributed by atoms with Gasteiger partial charge in [0.2, 0.25) is 5.91 Å². The number of rotatable bonds is 5. The van der Waals surface area contributed by atoms with Crippen molar-refractivity contribution in [3.05, 3.63) is 11.4 Å². The van der Waals surface area contributed by atoms with Gasteiger partial charge >= 0.3 is 5.97 Å². The summed E-state index contributed by atoms with van der Waals surface area (Å²) < 4.78 is 1.38. The molecular weight excluding hydrogens is 248 g/mol. The number of amides is 1. The maximum Gasteiger partial charge on any atom is 0.358 e. The van der Waals surface area contributed by atoms with Crippen LogP contribution in [0.25, 0.3) is 0 Å². The molecule has 0 saturated carbocycles. The van der Waals surface area contributed by atoms with Crippen LogP contribution < -0.4 is 5.32 Å².